The fourth-order valence-electron chi connectivity index (χ4n) is 2.43. The van der Waals surface area contributed by atoms with Crippen molar-refractivity contribution in [3.63, 3.8) is 0 Å². The van der Waals surface area contributed by atoms with Crippen LogP contribution in [0.25, 0.3) is 22.4 Å². The number of nitrogens with zero attached hydrogens (tertiary/aromatic N) is 3. The van der Waals surface area contributed by atoms with E-state index in [9.17, 15) is 18.4 Å². The van der Waals surface area contributed by atoms with E-state index in [1.54, 1.807) is 30.6 Å². The average molecular weight is 340 g/mol. The Morgan fingerprint density at radius 2 is 1.80 bits per heavy atom. The Labute approximate surface area is 141 Å². The summed E-state index contributed by atoms with van der Waals surface area (Å²) >= 11 is 0. The van der Waals surface area contributed by atoms with E-state index in [0.29, 0.717) is 11.1 Å². The van der Waals surface area contributed by atoms with E-state index in [4.69, 9.17) is 5.73 Å². The van der Waals surface area contributed by atoms with Gasteiger partial charge < -0.3 is 5.73 Å². The minimum absolute atomic E-state index is 0.0451. The average Bonchev–Trinajstić information content (AvgIpc) is 2.61. The van der Waals surface area contributed by atoms with Gasteiger partial charge in [0.15, 0.2) is 0 Å². The first kappa shape index (κ1) is 16.5. The second-order valence-corrected chi connectivity index (χ2v) is 5.25. The van der Waals surface area contributed by atoms with Crippen molar-refractivity contribution in [2.75, 3.05) is 5.73 Å². The minimum Gasteiger partial charge on any atom is -0.383 e. The SMILES string of the molecule is N#Cc1c(-c2cccnc2)cc(-c2cccc(C(F)(F)F)c2)nc1N. The highest BCUT2D eigenvalue weighted by atomic mass is 19.4. The number of hydrogen-bond acceptors (Lipinski definition) is 4. The number of alkyl halides is 3. The monoisotopic (exact) mass is 340 g/mol. The summed E-state index contributed by atoms with van der Waals surface area (Å²) in [5.41, 5.74) is 6.84. The van der Waals surface area contributed by atoms with Crippen LogP contribution in [0, 0.1) is 11.3 Å². The van der Waals surface area contributed by atoms with E-state index >= 15 is 0 Å². The highest BCUT2D eigenvalue weighted by Gasteiger charge is 2.30. The van der Waals surface area contributed by atoms with Crippen LogP contribution in [0.4, 0.5) is 19.0 Å². The normalized spacial score (nSPS) is 11.1. The topological polar surface area (TPSA) is 75.6 Å². The first-order valence-electron chi connectivity index (χ1n) is 7.19. The molecule has 0 aliphatic carbocycles. The number of hydrogen-bond donors (Lipinski definition) is 1. The number of anilines is 1. The first-order chi connectivity index (χ1) is 11.9. The van der Waals surface area contributed by atoms with Crippen LogP contribution in [0.3, 0.4) is 0 Å². The van der Waals surface area contributed by atoms with Gasteiger partial charge in [-0.15, -0.1) is 0 Å². The maximum atomic E-state index is 12.9. The summed E-state index contributed by atoms with van der Waals surface area (Å²) < 4.78 is 38.8. The Morgan fingerprint density at radius 1 is 1.04 bits per heavy atom. The van der Waals surface area contributed by atoms with E-state index in [1.807, 2.05) is 6.07 Å². The summed E-state index contributed by atoms with van der Waals surface area (Å²) in [5.74, 6) is -0.0451. The molecule has 0 fully saturated rings. The lowest BCUT2D eigenvalue weighted by Gasteiger charge is -2.12. The molecule has 0 saturated heterocycles. The first-order valence-corrected chi connectivity index (χ1v) is 7.19. The van der Waals surface area contributed by atoms with E-state index in [1.165, 1.54) is 12.1 Å². The molecule has 3 rings (SSSR count). The van der Waals surface area contributed by atoms with Gasteiger partial charge in [-0.05, 0) is 24.3 Å². The number of pyridine rings is 2. The van der Waals surface area contributed by atoms with Gasteiger partial charge in [-0.3, -0.25) is 4.98 Å². The molecule has 0 bridgehead atoms. The highest BCUT2D eigenvalue weighted by Crippen LogP contribution is 2.34. The van der Waals surface area contributed by atoms with E-state index < -0.39 is 11.7 Å². The summed E-state index contributed by atoms with van der Waals surface area (Å²) in [4.78, 5) is 8.09. The molecule has 0 aliphatic heterocycles. The molecule has 0 aliphatic rings. The molecule has 0 unspecified atom stereocenters. The van der Waals surface area contributed by atoms with Gasteiger partial charge in [0.1, 0.15) is 17.5 Å². The third-order valence-corrected chi connectivity index (χ3v) is 3.62. The van der Waals surface area contributed by atoms with Gasteiger partial charge in [0, 0.05) is 29.1 Å². The Kier molecular flexibility index (Phi) is 4.11. The number of nitriles is 1. The Bertz CT molecular complexity index is 960. The van der Waals surface area contributed by atoms with Gasteiger partial charge in [0.2, 0.25) is 0 Å². The number of aromatic nitrogens is 2. The predicted molar refractivity (Wildman–Crippen MR) is 87.0 cm³/mol. The number of nitrogens with two attached hydrogens (primary N) is 1. The molecule has 124 valence electrons. The number of rotatable bonds is 2. The number of halogens is 3. The van der Waals surface area contributed by atoms with Crippen molar-refractivity contribution in [3.8, 4) is 28.5 Å². The van der Waals surface area contributed by atoms with Crippen LogP contribution in [-0.2, 0) is 6.18 Å². The molecule has 1 aromatic carbocycles. The molecule has 0 saturated carbocycles. The third-order valence-electron chi connectivity index (χ3n) is 3.62. The summed E-state index contributed by atoms with van der Waals surface area (Å²) in [6, 6.07) is 11.7. The molecule has 4 nitrogen and oxygen atoms in total. The maximum Gasteiger partial charge on any atom is 0.416 e. The molecule has 2 N–H and O–H groups in total. The smallest absolute Gasteiger partial charge is 0.383 e. The van der Waals surface area contributed by atoms with Crippen molar-refractivity contribution in [2.45, 2.75) is 6.18 Å². The van der Waals surface area contributed by atoms with E-state index in [-0.39, 0.29) is 22.6 Å². The lowest BCUT2D eigenvalue weighted by Crippen LogP contribution is -2.05. The van der Waals surface area contributed by atoms with Gasteiger partial charge in [-0.25, -0.2) is 4.98 Å². The van der Waals surface area contributed by atoms with Crippen LogP contribution < -0.4 is 5.73 Å². The molecule has 0 radical (unpaired) electrons. The minimum atomic E-state index is -4.46. The van der Waals surface area contributed by atoms with Crippen molar-refractivity contribution >= 4 is 5.82 Å². The molecule has 0 atom stereocenters. The second-order valence-electron chi connectivity index (χ2n) is 5.25. The van der Waals surface area contributed by atoms with E-state index in [2.05, 4.69) is 9.97 Å². The van der Waals surface area contributed by atoms with Gasteiger partial charge >= 0.3 is 6.18 Å². The van der Waals surface area contributed by atoms with Crippen molar-refractivity contribution < 1.29 is 13.2 Å². The zero-order valence-electron chi connectivity index (χ0n) is 12.7. The van der Waals surface area contributed by atoms with Crippen LogP contribution in [0.15, 0.2) is 54.9 Å². The predicted octanol–water partition coefficient (Wildman–Crippen LogP) is 4.28. The molecular weight excluding hydrogens is 329 g/mol. The lowest BCUT2D eigenvalue weighted by atomic mass is 9.99. The largest absolute Gasteiger partial charge is 0.416 e. The Hall–Kier alpha value is -3.40. The van der Waals surface area contributed by atoms with Crippen LogP contribution >= 0.6 is 0 Å². The summed E-state index contributed by atoms with van der Waals surface area (Å²) in [5, 5.41) is 9.33. The van der Waals surface area contributed by atoms with Crippen LogP contribution in [0.1, 0.15) is 11.1 Å². The molecule has 25 heavy (non-hydrogen) atoms. The van der Waals surface area contributed by atoms with Gasteiger partial charge in [-0.1, -0.05) is 18.2 Å². The zero-order chi connectivity index (χ0) is 18.0. The number of benzene rings is 1. The maximum absolute atomic E-state index is 12.9. The summed E-state index contributed by atoms with van der Waals surface area (Å²) in [6.45, 7) is 0. The molecule has 2 heterocycles. The van der Waals surface area contributed by atoms with Crippen molar-refractivity contribution in [2.24, 2.45) is 0 Å². The third kappa shape index (κ3) is 3.28. The fourth-order valence-corrected chi connectivity index (χ4v) is 2.43. The quantitative estimate of drug-likeness (QED) is 0.755. The van der Waals surface area contributed by atoms with Gasteiger partial charge in [0.25, 0.3) is 0 Å². The Morgan fingerprint density at radius 3 is 2.44 bits per heavy atom. The van der Waals surface area contributed by atoms with Gasteiger partial charge in [-0.2, -0.15) is 18.4 Å². The summed E-state index contributed by atoms with van der Waals surface area (Å²) in [6.07, 6.45) is -1.33. The molecule has 0 spiro atoms. The van der Waals surface area contributed by atoms with Crippen molar-refractivity contribution in [1.29, 1.82) is 5.26 Å². The fraction of sp³-hybridized carbons (Fsp3) is 0.0556. The molecule has 3 aromatic rings. The molecule has 0 amide bonds. The van der Waals surface area contributed by atoms with Crippen LogP contribution in [-0.4, -0.2) is 9.97 Å². The zero-order valence-corrected chi connectivity index (χ0v) is 12.7. The molecule has 2 aromatic heterocycles. The van der Waals surface area contributed by atoms with Gasteiger partial charge in [0.05, 0.1) is 11.3 Å². The lowest BCUT2D eigenvalue weighted by molar-refractivity contribution is -0.137. The second kappa shape index (κ2) is 6.24. The van der Waals surface area contributed by atoms with E-state index in [0.717, 1.165) is 12.1 Å². The Balaban J connectivity index is 2.20. The molecule has 7 heteroatoms. The number of nitrogen functional groups attached to an aromatic ring is 1. The van der Waals surface area contributed by atoms with Crippen LogP contribution in [0.2, 0.25) is 0 Å². The van der Waals surface area contributed by atoms with Crippen molar-refractivity contribution in [1.82, 2.24) is 9.97 Å². The highest BCUT2D eigenvalue weighted by molar-refractivity contribution is 5.79. The van der Waals surface area contributed by atoms with Crippen molar-refractivity contribution in [3.05, 3.63) is 66.0 Å². The molecular formula is C18H11F3N4. The standard InChI is InChI=1S/C18H11F3N4/c19-18(20,21)13-5-1-3-11(7-13)16-8-14(12-4-2-6-24-10-12)15(9-22)17(23)25-16/h1-8,10H,(H2,23,25). The van der Waals surface area contributed by atoms with Crippen LogP contribution in [0.5, 0.6) is 0 Å². The summed E-state index contributed by atoms with van der Waals surface area (Å²) in [7, 11) is 0.